The summed E-state index contributed by atoms with van der Waals surface area (Å²) in [5.41, 5.74) is 2.91. The fraction of sp³-hybridized carbons (Fsp3) is 0.318. The first-order valence-electron chi connectivity index (χ1n) is 9.47. The molecule has 3 aromatic heterocycles. The van der Waals surface area contributed by atoms with E-state index in [1.807, 2.05) is 54.9 Å². The summed E-state index contributed by atoms with van der Waals surface area (Å²) < 4.78 is 7.82. The number of amides is 1. The fourth-order valence-electron chi connectivity index (χ4n) is 3.43. The van der Waals surface area contributed by atoms with Gasteiger partial charge in [-0.25, -0.2) is 9.67 Å². The molecule has 6 heteroatoms. The summed E-state index contributed by atoms with van der Waals surface area (Å²) in [7, 11) is 1.79. The quantitative estimate of drug-likeness (QED) is 0.508. The Morgan fingerprint density at radius 3 is 2.61 bits per heavy atom. The highest BCUT2D eigenvalue weighted by Crippen LogP contribution is 2.28. The van der Waals surface area contributed by atoms with Crippen molar-refractivity contribution in [3.8, 4) is 0 Å². The van der Waals surface area contributed by atoms with Crippen molar-refractivity contribution in [3.63, 3.8) is 0 Å². The molecule has 144 valence electrons. The second-order valence-corrected chi connectivity index (χ2v) is 7.50. The van der Waals surface area contributed by atoms with Crippen LogP contribution in [0.1, 0.15) is 54.7 Å². The minimum Gasteiger partial charge on any atom is -0.459 e. The predicted molar refractivity (Wildman–Crippen MR) is 109 cm³/mol. The van der Waals surface area contributed by atoms with Crippen molar-refractivity contribution in [1.82, 2.24) is 19.7 Å². The third-order valence-corrected chi connectivity index (χ3v) is 5.24. The lowest BCUT2D eigenvalue weighted by Crippen LogP contribution is -2.30. The van der Waals surface area contributed by atoms with Crippen LogP contribution in [0.5, 0.6) is 0 Å². The maximum Gasteiger partial charge on any atom is 0.256 e. The molecule has 3 heterocycles. The van der Waals surface area contributed by atoms with E-state index in [1.54, 1.807) is 18.1 Å². The van der Waals surface area contributed by atoms with Crippen molar-refractivity contribution < 1.29 is 9.21 Å². The zero-order chi connectivity index (χ0) is 20.0. The van der Waals surface area contributed by atoms with Crippen LogP contribution in [0.4, 0.5) is 0 Å². The SMILES string of the molecule is Cc1nc2c(cnn2C(C)C)cc1C(=O)N(C)C(C)c1cc2ccccc2o1. The van der Waals surface area contributed by atoms with Crippen LogP contribution in [0.25, 0.3) is 22.0 Å². The zero-order valence-electron chi connectivity index (χ0n) is 16.8. The number of nitrogens with zero attached hydrogens (tertiary/aromatic N) is 4. The molecule has 4 aromatic rings. The summed E-state index contributed by atoms with van der Waals surface area (Å²) in [5, 5.41) is 6.30. The predicted octanol–water partition coefficient (Wildman–Crippen LogP) is 4.90. The van der Waals surface area contributed by atoms with Crippen LogP contribution in [0.3, 0.4) is 0 Å². The van der Waals surface area contributed by atoms with Gasteiger partial charge in [0.1, 0.15) is 11.3 Å². The number of pyridine rings is 1. The van der Waals surface area contributed by atoms with E-state index in [0.717, 1.165) is 27.8 Å². The molecule has 0 aliphatic heterocycles. The van der Waals surface area contributed by atoms with Gasteiger partial charge in [-0.05, 0) is 45.9 Å². The van der Waals surface area contributed by atoms with Crippen molar-refractivity contribution in [3.05, 3.63) is 59.6 Å². The molecule has 0 spiro atoms. The van der Waals surface area contributed by atoms with Gasteiger partial charge in [0.05, 0.1) is 23.5 Å². The molecule has 0 saturated carbocycles. The lowest BCUT2D eigenvalue weighted by atomic mass is 10.1. The van der Waals surface area contributed by atoms with E-state index in [1.165, 1.54) is 0 Å². The van der Waals surface area contributed by atoms with E-state index in [9.17, 15) is 4.79 Å². The number of furan rings is 1. The molecule has 0 aliphatic rings. The summed E-state index contributed by atoms with van der Waals surface area (Å²) >= 11 is 0. The average molecular weight is 376 g/mol. The normalized spacial score (nSPS) is 12.8. The second-order valence-electron chi connectivity index (χ2n) is 7.50. The van der Waals surface area contributed by atoms with Gasteiger partial charge in [0.15, 0.2) is 5.65 Å². The van der Waals surface area contributed by atoms with Crippen molar-refractivity contribution in [2.75, 3.05) is 7.05 Å². The molecule has 0 radical (unpaired) electrons. The first-order chi connectivity index (χ1) is 13.4. The first-order valence-corrected chi connectivity index (χ1v) is 9.47. The molecule has 1 aromatic carbocycles. The Morgan fingerprint density at radius 1 is 1.14 bits per heavy atom. The summed E-state index contributed by atoms with van der Waals surface area (Å²) in [5.74, 6) is 0.675. The number of rotatable bonds is 4. The van der Waals surface area contributed by atoms with Gasteiger partial charge in [-0.3, -0.25) is 4.79 Å². The largest absolute Gasteiger partial charge is 0.459 e. The first kappa shape index (κ1) is 18.2. The second kappa shape index (κ2) is 6.78. The van der Waals surface area contributed by atoms with Crippen LogP contribution in [0.15, 0.2) is 47.0 Å². The highest BCUT2D eigenvalue weighted by molar-refractivity contribution is 5.98. The van der Waals surface area contributed by atoms with Crippen molar-refractivity contribution in [2.45, 2.75) is 39.8 Å². The lowest BCUT2D eigenvalue weighted by Gasteiger charge is -2.24. The number of carbonyl (C=O) groups is 1. The molecule has 1 unspecified atom stereocenters. The third-order valence-electron chi connectivity index (χ3n) is 5.24. The van der Waals surface area contributed by atoms with Gasteiger partial charge >= 0.3 is 0 Å². The van der Waals surface area contributed by atoms with E-state index >= 15 is 0 Å². The number of fused-ring (bicyclic) bond motifs is 2. The fourth-order valence-corrected chi connectivity index (χ4v) is 3.43. The van der Waals surface area contributed by atoms with Crippen molar-refractivity contribution >= 4 is 27.9 Å². The Bertz CT molecular complexity index is 1140. The zero-order valence-corrected chi connectivity index (χ0v) is 16.8. The summed E-state index contributed by atoms with van der Waals surface area (Å²) in [6.45, 7) is 7.95. The van der Waals surface area contributed by atoms with Gasteiger partial charge in [-0.2, -0.15) is 5.10 Å². The van der Waals surface area contributed by atoms with Gasteiger partial charge in [0, 0.05) is 23.9 Å². The number of hydrogen-bond acceptors (Lipinski definition) is 4. The molecule has 0 aliphatic carbocycles. The molecule has 0 fully saturated rings. The summed E-state index contributed by atoms with van der Waals surface area (Å²) in [6, 6.07) is 11.7. The number of aryl methyl sites for hydroxylation is 1. The van der Waals surface area contributed by atoms with Crippen LogP contribution in [0, 0.1) is 6.92 Å². The Kier molecular flexibility index (Phi) is 4.41. The molecular formula is C22H24N4O2. The number of hydrogen-bond donors (Lipinski definition) is 0. The van der Waals surface area contributed by atoms with Crippen LogP contribution in [-0.2, 0) is 0 Å². The van der Waals surface area contributed by atoms with Gasteiger partial charge in [0.2, 0.25) is 0 Å². The van der Waals surface area contributed by atoms with Gasteiger partial charge in [-0.15, -0.1) is 0 Å². The summed E-state index contributed by atoms with van der Waals surface area (Å²) in [6.07, 6.45) is 1.77. The Morgan fingerprint density at radius 2 is 1.89 bits per heavy atom. The highest BCUT2D eigenvalue weighted by atomic mass is 16.3. The van der Waals surface area contributed by atoms with Crippen molar-refractivity contribution in [2.24, 2.45) is 0 Å². The van der Waals surface area contributed by atoms with Crippen LogP contribution < -0.4 is 0 Å². The molecule has 1 amide bonds. The average Bonchev–Trinajstić information content (AvgIpc) is 3.29. The van der Waals surface area contributed by atoms with Crippen LogP contribution >= 0.6 is 0 Å². The number of para-hydroxylation sites is 1. The van der Waals surface area contributed by atoms with Gasteiger partial charge < -0.3 is 9.32 Å². The Labute approximate surface area is 163 Å². The monoisotopic (exact) mass is 376 g/mol. The van der Waals surface area contributed by atoms with E-state index in [2.05, 4.69) is 23.9 Å². The molecule has 4 rings (SSSR count). The minimum atomic E-state index is -0.201. The number of benzene rings is 1. The van der Waals surface area contributed by atoms with Crippen LogP contribution in [0.2, 0.25) is 0 Å². The molecule has 0 bridgehead atoms. The van der Waals surface area contributed by atoms with E-state index in [0.29, 0.717) is 11.3 Å². The van der Waals surface area contributed by atoms with Crippen molar-refractivity contribution in [1.29, 1.82) is 0 Å². The third kappa shape index (κ3) is 2.95. The molecular weight excluding hydrogens is 352 g/mol. The minimum absolute atomic E-state index is 0.0860. The standard InChI is InChI=1S/C22H24N4O2/c1-13(2)26-21-17(12-23-26)10-18(14(3)24-21)22(27)25(5)15(4)20-11-16-8-6-7-9-19(16)28-20/h6-13,15H,1-5H3. The smallest absolute Gasteiger partial charge is 0.256 e. The van der Waals surface area contributed by atoms with E-state index in [-0.39, 0.29) is 18.0 Å². The molecule has 1 atom stereocenters. The highest BCUT2D eigenvalue weighted by Gasteiger charge is 2.24. The van der Waals surface area contributed by atoms with E-state index < -0.39 is 0 Å². The molecule has 0 saturated heterocycles. The van der Waals surface area contributed by atoms with Crippen LogP contribution in [-0.4, -0.2) is 32.6 Å². The lowest BCUT2D eigenvalue weighted by molar-refractivity contribution is 0.0726. The maximum absolute atomic E-state index is 13.2. The number of carbonyl (C=O) groups excluding carboxylic acids is 1. The number of aromatic nitrogens is 3. The molecule has 28 heavy (non-hydrogen) atoms. The maximum atomic E-state index is 13.2. The Hall–Kier alpha value is -3.15. The topological polar surface area (TPSA) is 64.2 Å². The molecule has 0 N–H and O–H groups in total. The van der Waals surface area contributed by atoms with Gasteiger partial charge in [0.25, 0.3) is 5.91 Å². The van der Waals surface area contributed by atoms with Gasteiger partial charge in [-0.1, -0.05) is 18.2 Å². The Balaban J connectivity index is 1.67. The molecule has 6 nitrogen and oxygen atoms in total. The summed E-state index contributed by atoms with van der Waals surface area (Å²) in [4.78, 5) is 19.5. The van der Waals surface area contributed by atoms with E-state index in [4.69, 9.17) is 4.42 Å².